The van der Waals surface area contributed by atoms with Crippen LogP contribution in [0.1, 0.15) is 25.0 Å². The van der Waals surface area contributed by atoms with Crippen LogP contribution >= 0.6 is 15.9 Å². The zero-order valence-electron chi connectivity index (χ0n) is 7.76. The van der Waals surface area contributed by atoms with E-state index in [0.717, 1.165) is 15.6 Å². The molecule has 1 N–H and O–H groups in total. The molecule has 0 unspecified atom stereocenters. The standard InChI is InChI=1S/C8H9BrO.C2H6/c1-6-4-7(5-10)2-3-8(6)9;1-2/h2-4,10H,5H2,1H3;1-2H3. The fourth-order valence-electron chi connectivity index (χ4n) is 0.805. The van der Waals surface area contributed by atoms with Crippen molar-refractivity contribution in [1.82, 2.24) is 0 Å². The molecule has 0 heterocycles. The maximum absolute atomic E-state index is 8.74. The van der Waals surface area contributed by atoms with Crippen molar-refractivity contribution in [3.8, 4) is 0 Å². The number of halogens is 1. The predicted octanol–water partition coefficient (Wildman–Crippen LogP) is 3.28. The van der Waals surface area contributed by atoms with Gasteiger partial charge in [0.25, 0.3) is 0 Å². The summed E-state index contributed by atoms with van der Waals surface area (Å²) in [4.78, 5) is 0. The smallest absolute Gasteiger partial charge is 0.0681 e. The van der Waals surface area contributed by atoms with Gasteiger partial charge in [-0.15, -0.1) is 0 Å². The van der Waals surface area contributed by atoms with Crippen LogP contribution in [0.2, 0.25) is 0 Å². The van der Waals surface area contributed by atoms with Crippen molar-refractivity contribution in [2.24, 2.45) is 0 Å². The van der Waals surface area contributed by atoms with Gasteiger partial charge >= 0.3 is 0 Å². The van der Waals surface area contributed by atoms with Crippen LogP contribution in [0.25, 0.3) is 0 Å². The summed E-state index contributed by atoms with van der Waals surface area (Å²) in [6.45, 7) is 6.12. The Hall–Kier alpha value is -0.340. The topological polar surface area (TPSA) is 20.2 Å². The first kappa shape index (κ1) is 11.7. The summed E-state index contributed by atoms with van der Waals surface area (Å²) in [5.74, 6) is 0. The Bertz CT molecular complexity index is 233. The Morgan fingerprint density at radius 1 is 1.33 bits per heavy atom. The minimum absolute atomic E-state index is 0.119. The van der Waals surface area contributed by atoms with Crippen molar-refractivity contribution in [3.05, 3.63) is 33.8 Å². The maximum Gasteiger partial charge on any atom is 0.0681 e. The molecule has 0 saturated heterocycles. The van der Waals surface area contributed by atoms with Gasteiger partial charge in [-0.3, -0.25) is 0 Å². The molecule has 1 rings (SSSR count). The number of rotatable bonds is 1. The number of hydrogen-bond donors (Lipinski definition) is 1. The molecule has 1 aromatic carbocycles. The molecule has 0 saturated carbocycles. The van der Waals surface area contributed by atoms with Crippen LogP contribution in [0.15, 0.2) is 22.7 Å². The van der Waals surface area contributed by atoms with E-state index in [1.54, 1.807) is 0 Å². The third-order valence-corrected chi connectivity index (χ3v) is 2.29. The summed E-state index contributed by atoms with van der Waals surface area (Å²) in [7, 11) is 0. The number of benzene rings is 1. The lowest BCUT2D eigenvalue weighted by molar-refractivity contribution is 0.282. The SMILES string of the molecule is CC.Cc1cc(CO)ccc1Br. The van der Waals surface area contributed by atoms with Crippen LogP contribution in [0.4, 0.5) is 0 Å². The molecule has 2 heteroatoms. The van der Waals surface area contributed by atoms with E-state index in [2.05, 4.69) is 15.9 Å². The van der Waals surface area contributed by atoms with E-state index in [-0.39, 0.29) is 6.61 Å². The number of aryl methyl sites for hydroxylation is 1. The van der Waals surface area contributed by atoms with E-state index >= 15 is 0 Å². The predicted molar refractivity (Wildman–Crippen MR) is 56.1 cm³/mol. The molecule has 1 aromatic rings. The molecular formula is C10H15BrO. The van der Waals surface area contributed by atoms with Crippen LogP contribution in [-0.4, -0.2) is 5.11 Å². The Kier molecular flexibility index (Phi) is 6.03. The summed E-state index contributed by atoms with van der Waals surface area (Å²) in [6.07, 6.45) is 0. The molecule has 0 aliphatic heterocycles. The summed E-state index contributed by atoms with van der Waals surface area (Å²) in [5.41, 5.74) is 2.12. The first-order valence-corrected chi connectivity index (χ1v) is 4.89. The van der Waals surface area contributed by atoms with Gasteiger partial charge < -0.3 is 5.11 Å². The molecule has 0 aliphatic carbocycles. The summed E-state index contributed by atoms with van der Waals surface area (Å²) < 4.78 is 1.09. The summed E-state index contributed by atoms with van der Waals surface area (Å²) in [5, 5.41) is 8.74. The number of aliphatic hydroxyl groups excluding tert-OH is 1. The number of hydrogen-bond acceptors (Lipinski definition) is 1. The van der Waals surface area contributed by atoms with Gasteiger partial charge in [-0.2, -0.15) is 0 Å². The third kappa shape index (κ3) is 3.37. The van der Waals surface area contributed by atoms with Gasteiger partial charge in [-0.1, -0.05) is 41.9 Å². The molecule has 0 spiro atoms. The van der Waals surface area contributed by atoms with Crippen molar-refractivity contribution < 1.29 is 5.11 Å². The molecule has 1 nitrogen and oxygen atoms in total. The van der Waals surface area contributed by atoms with Gasteiger partial charge in [0.15, 0.2) is 0 Å². The monoisotopic (exact) mass is 230 g/mol. The van der Waals surface area contributed by atoms with Gasteiger partial charge in [0.2, 0.25) is 0 Å². The van der Waals surface area contributed by atoms with Gasteiger partial charge in [0, 0.05) is 4.47 Å². The highest BCUT2D eigenvalue weighted by molar-refractivity contribution is 9.10. The average Bonchev–Trinajstić information content (AvgIpc) is 2.13. The van der Waals surface area contributed by atoms with Crippen LogP contribution in [0.5, 0.6) is 0 Å². The minimum atomic E-state index is 0.119. The normalized spacial score (nSPS) is 8.75. The zero-order valence-corrected chi connectivity index (χ0v) is 9.35. The van der Waals surface area contributed by atoms with Crippen molar-refractivity contribution in [2.45, 2.75) is 27.4 Å². The highest BCUT2D eigenvalue weighted by Gasteiger charge is 1.94. The van der Waals surface area contributed by atoms with Gasteiger partial charge in [0.1, 0.15) is 0 Å². The molecule has 0 radical (unpaired) electrons. The first-order chi connectivity index (χ1) is 5.74. The lowest BCUT2D eigenvalue weighted by Gasteiger charge is -1.99. The van der Waals surface area contributed by atoms with Gasteiger partial charge in [0.05, 0.1) is 6.61 Å². The van der Waals surface area contributed by atoms with E-state index < -0.39 is 0 Å². The van der Waals surface area contributed by atoms with Crippen LogP contribution < -0.4 is 0 Å². The second-order valence-corrected chi connectivity index (χ2v) is 3.10. The van der Waals surface area contributed by atoms with Crippen LogP contribution in [0, 0.1) is 6.92 Å². The quantitative estimate of drug-likeness (QED) is 0.786. The van der Waals surface area contributed by atoms with E-state index in [1.165, 1.54) is 0 Å². The number of aliphatic hydroxyl groups is 1. The average molecular weight is 231 g/mol. The first-order valence-electron chi connectivity index (χ1n) is 4.10. The Morgan fingerprint density at radius 3 is 2.33 bits per heavy atom. The van der Waals surface area contributed by atoms with Crippen molar-refractivity contribution in [2.75, 3.05) is 0 Å². The molecule has 0 fully saturated rings. The molecule has 0 aliphatic rings. The zero-order chi connectivity index (χ0) is 9.56. The van der Waals surface area contributed by atoms with Crippen molar-refractivity contribution in [1.29, 1.82) is 0 Å². The molecule has 12 heavy (non-hydrogen) atoms. The Labute approximate surface area is 82.6 Å². The van der Waals surface area contributed by atoms with E-state index in [4.69, 9.17) is 5.11 Å². The largest absolute Gasteiger partial charge is 0.392 e. The maximum atomic E-state index is 8.74. The molecule has 0 bridgehead atoms. The Morgan fingerprint density at radius 2 is 1.92 bits per heavy atom. The molecular weight excluding hydrogens is 216 g/mol. The fraction of sp³-hybridized carbons (Fsp3) is 0.400. The molecule has 0 atom stereocenters. The van der Waals surface area contributed by atoms with E-state index in [1.807, 2.05) is 39.0 Å². The lowest BCUT2D eigenvalue weighted by Crippen LogP contribution is -1.83. The summed E-state index contributed by atoms with van der Waals surface area (Å²) >= 11 is 3.38. The summed E-state index contributed by atoms with van der Waals surface area (Å²) in [6, 6.07) is 5.81. The van der Waals surface area contributed by atoms with Gasteiger partial charge in [-0.25, -0.2) is 0 Å². The Balaban J connectivity index is 0.000000561. The van der Waals surface area contributed by atoms with E-state index in [9.17, 15) is 0 Å². The fourth-order valence-corrected chi connectivity index (χ4v) is 1.05. The van der Waals surface area contributed by atoms with Crippen molar-refractivity contribution >= 4 is 15.9 Å². The third-order valence-electron chi connectivity index (χ3n) is 1.40. The van der Waals surface area contributed by atoms with Crippen LogP contribution in [-0.2, 0) is 6.61 Å². The molecule has 0 amide bonds. The second-order valence-electron chi connectivity index (χ2n) is 2.24. The second kappa shape index (κ2) is 6.21. The van der Waals surface area contributed by atoms with Gasteiger partial charge in [-0.05, 0) is 24.1 Å². The van der Waals surface area contributed by atoms with Crippen LogP contribution in [0.3, 0.4) is 0 Å². The highest BCUT2D eigenvalue weighted by Crippen LogP contribution is 2.16. The van der Waals surface area contributed by atoms with Crippen molar-refractivity contribution in [3.63, 3.8) is 0 Å². The molecule has 0 aromatic heterocycles. The highest BCUT2D eigenvalue weighted by atomic mass is 79.9. The van der Waals surface area contributed by atoms with E-state index in [0.29, 0.717) is 0 Å². The molecule has 68 valence electrons. The minimum Gasteiger partial charge on any atom is -0.392 e. The lowest BCUT2D eigenvalue weighted by atomic mass is 10.1.